The van der Waals surface area contributed by atoms with Crippen LogP contribution in [0, 0.1) is 0 Å². The number of benzene rings is 3. The first-order valence-corrected chi connectivity index (χ1v) is 7.52. The maximum absolute atomic E-state index is 5.76. The topological polar surface area (TPSA) is 38.9 Å². The SMILES string of the molecule is c1ccc2c(-c3cnc4oc5ccccc5c4n3)cccc2c1. The Labute approximate surface area is 132 Å². The number of hydrogen-bond donors (Lipinski definition) is 0. The highest BCUT2D eigenvalue weighted by Crippen LogP contribution is 2.31. The zero-order chi connectivity index (χ0) is 15.2. The van der Waals surface area contributed by atoms with Crippen LogP contribution in [-0.4, -0.2) is 9.97 Å². The van der Waals surface area contributed by atoms with Crippen LogP contribution in [0.15, 0.2) is 77.3 Å². The summed E-state index contributed by atoms with van der Waals surface area (Å²) in [6.45, 7) is 0. The summed E-state index contributed by atoms with van der Waals surface area (Å²) in [5.74, 6) is 0. The first-order valence-electron chi connectivity index (χ1n) is 7.52. The molecule has 0 aliphatic carbocycles. The maximum atomic E-state index is 5.76. The lowest BCUT2D eigenvalue weighted by Gasteiger charge is -2.05. The van der Waals surface area contributed by atoms with Crippen molar-refractivity contribution in [2.24, 2.45) is 0 Å². The van der Waals surface area contributed by atoms with Crippen LogP contribution in [-0.2, 0) is 0 Å². The quantitative estimate of drug-likeness (QED) is 0.427. The van der Waals surface area contributed by atoms with Crippen LogP contribution < -0.4 is 0 Å². The van der Waals surface area contributed by atoms with Crippen LogP contribution in [0.4, 0.5) is 0 Å². The third-order valence-electron chi connectivity index (χ3n) is 4.15. The van der Waals surface area contributed by atoms with E-state index in [-0.39, 0.29) is 0 Å². The van der Waals surface area contributed by atoms with Gasteiger partial charge in [0.15, 0.2) is 0 Å². The van der Waals surface area contributed by atoms with Crippen LogP contribution in [0.3, 0.4) is 0 Å². The third kappa shape index (κ3) is 1.83. The lowest BCUT2D eigenvalue weighted by Crippen LogP contribution is -1.88. The molecule has 0 aliphatic heterocycles. The summed E-state index contributed by atoms with van der Waals surface area (Å²) in [6, 6.07) is 22.5. The number of fused-ring (bicyclic) bond motifs is 4. The van der Waals surface area contributed by atoms with E-state index in [2.05, 4.69) is 35.3 Å². The second kappa shape index (κ2) is 4.65. The van der Waals surface area contributed by atoms with Crippen molar-refractivity contribution in [3.8, 4) is 11.3 Å². The Morgan fingerprint density at radius 2 is 1.52 bits per heavy atom. The molecule has 0 atom stereocenters. The number of aromatic nitrogens is 2. The van der Waals surface area contributed by atoms with Gasteiger partial charge in [-0.2, -0.15) is 0 Å². The van der Waals surface area contributed by atoms with Gasteiger partial charge >= 0.3 is 0 Å². The highest BCUT2D eigenvalue weighted by atomic mass is 16.3. The van der Waals surface area contributed by atoms with E-state index < -0.39 is 0 Å². The van der Waals surface area contributed by atoms with Gasteiger partial charge in [0.05, 0.1) is 11.9 Å². The highest BCUT2D eigenvalue weighted by Gasteiger charge is 2.12. The molecule has 2 heterocycles. The molecular weight excluding hydrogens is 284 g/mol. The summed E-state index contributed by atoms with van der Waals surface area (Å²) < 4.78 is 5.76. The van der Waals surface area contributed by atoms with Gasteiger partial charge in [0.25, 0.3) is 0 Å². The van der Waals surface area contributed by atoms with E-state index >= 15 is 0 Å². The normalized spacial score (nSPS) is 11.5. The molecular formula is C20H12N2O. The Balaban J connectivity index is 1.84. The molecule has 0 amide bonds. The van der Waals surface area contributed by atoms with Crippen molar-refractivity contribution < 1.29 is 4.42 Å². The van der Waals surface area contributed by atoms with Gasteiger partial charge in [0.1, 0.15) is 11.1 Å². The summed E-state index contributed by atoms with van der Waals surface area (Å²) in [6.07, 6.45) is 1.78. The van der Waals surface area contributed by atoms with Crippen molar-refractivity contribution in [3.05, 3.63) is 72.9 Å². The minimum Gasteiger partial charge on any atom is -0.436 e. The second-order valence-electron chi connectivity index (χ2n) is 5.53. The van der Waals surface area contributed by atoms with E-state index in [1.165, 1.54) is 10.8 Å². The van der Waals surface area contributed by atoms with E-state index in [1.807, 2.05) is 36.4 Å². The van der Waals surface area contributed by atoms with E-state index in [1.54, 1.807) is 6.20 Å². The molecule has 5 aromatic rings. The summed E-state index contributed by atoms with van der Waals surface area (Å²) >= 11 is 0. The molecule has 3 aromatic carbocycles. The van der Waals surface area contributed by atoms with Gasteiger partial charge in [0, 0.05) is 10.9 Å². The Morgan fingerprint density at radius 1 is 0.739 bits per heavy atom. The van der Waals surface area contributed by atoms with Gasteiger partial charge in [-0.05, 0) is 22.9 Å². The van der Waals surface area contributed by atoms with E-state index in [4.69, 9.17) is 9.40 Å². The van der Waals surface area contributed by atoms with Crippen molar-refractivity contribution in [2.75, 3.05) is 0 Å². The van der Waals surface area contributed by atoms with Crippen molar-refractivity contribution in [1.29, 1.82) is 0 Å². The fourth-order valence-corrected chi connectivity index (χ4v) is 3.06. The van der Waals surface area contributed by atoms with E-state index in [0.29, 0.717) is 5.71 Å². The molecule has 3 heteroatoms. The molecule has 108 valence electrons. The van der Waals surface area contributed by atoms with Crippen molar-refractivity contribution in [1.82, 2.24) is 9.97 Å². The molecule has 5 rings (SSSR count). The van der Waals surface area contributed by atoms with Gasteiger partial charge in [-0.3, -0.25) is 0 Å². The lowest BCUT2D eigenvalue weighted by atomic mass is 10.0. The van der Waals surface area contributed by atoms with Crippen LogP contribution >= 0.6 is 0 Å². The summed E-state index contributed by atoms with van der Waals surface area (Å²) in [4.78, 5) is 9.30. The molecule has 0 saturated heterocycles. The predicted octanol–water partition coefficient (Wildman–Crippen LogP) is 5.20. The fourth-order valence-electron chi connectivity index (χ4n) is 3.06. The van der Waals surface area contributed by atoms with Gasteiger partial charge in [0.2, 0.25) is 5.71 Å². The van der Waals surface area contributed by atoms with E-state index in [0.717, 1.165) is 27.7 Å². The zero-order valence-corrected chi connectivity index (χ0v) is 12.2. The first kappa shape index (κ1) is 12.4. The number of para-hydroxylation sites is 1. The van der Waals surface area contributed by atoms with Crippen molar-refractivity contribution in [2.45, 2.75) is 0 Å². The Morgan fingerprint density at radius 3 is 2.48 bits per heavy atom. The average molecular weight is 296 g/mol. The molecule has 0 spiro atoms. The number of rotatable bonds is 1. The molecule has 0 N–H and O–H groups in total. The Bertz CT molecular complexity index is 1170. The predicted molar refractivity (Wildman–Crippen MR) is 92.3 cm³/mol. The average Bonchev–Trinajstić information content (AvgIpc) is 2.99. The molecule has 0 fully saturated rings. The van der Waals surface area contributed by atoms with Gasteiger partial charge in [-0.1, -0.05) is 54.6 Å². The molecule has 2 aromatic heterocycles. The van der Waals surface area contributed by atoms with Gasteiger partial charge < -0.3 is 4.42 Å². The number of hydrogen-bond acceptors (Lipinski definition) is 3. The largest absolute Gasteiger partial charge is 0.436 e. The summed E-state index contributed by atoms with van der Waals surface area (Å²) in [7, 11) is 0. The maximum Gasteiger partial charge on any atom is 0.246 e. The third-order valence-corrected chi connectivity index (χ3v) is 4.15. The van der Waals surface area contributed by atoms with Crippen molar-refractivity contribution in [3.63, 3.8) is 0 Å². The first-order chi connectivity index (χ1) is 11.4. The fraction of sp³-hybridized carbons (Fsp3) is 0. The zero-order valence-electron chi connectivity index (χ0n) is 12.2. The summed E-state index contributed by atoms with van der Waals surface area (Å²) in [5, 5.41) is 3.37. The minimum absolute atomic E-state index is 0.579. The smallest absolute Gasteiger partial charge is 0.246 e. The second-order valence-corrected chi connectivity index (χ2v) is 5.53. The van der Waals surface area contributed by atoms with Crippen LogP contribution in [0.2, 0.25) is 0 Å². The number of nitrogens with zero attached hydrogens (tertiary/aromatic N) is 2. The molecule has 0 bridgehead atoms. The summed E-state index contributed by atoms with van der Waals surface area (Å²) in [5.41, 5.74) is 4.16. The van der Waals surface area contributed by atoms with E-state index in [9.17, 15) is 0 Å². The molecule has 0 unspecified atom stereocenters. The van der Waals surface area contributed by atoms with Gasteiger partial charge in [-0.15, -0.1) is 0 Å². The van der Waals surface area contributed by atoms with Crippen molar-refractivity contribution >= 4 is 33.0 Å². The minimum atomic E-state index is 0.579. The number of furan rings is 1. The molecule has 3 nitrogen and oxygen atoms in total. The molecule has 0 aliphatic rings. The van der Waals surface area contributed by atoms with Crippen LogP contribution in [0.1, 0.15) is 0 Å². The Kier molecular flexibility index (Phi) is 2.50. The molecule has 0 saturated carbocycles. The monoisotopic (exact) mass is 296 g/mol. The molecule has 23 heavy (non-hydrogen) atoms. The molecule has 0 radical (unpaired) electrons. The highest BCUT2D eigenvalue weighted by molar-refractivity contribution is 6.02. The Hall–Kier alpha value is -3.20. The standard InChI is InChI=1S/C20H12N2O/c1-2-8-14-13(6-1)7-5-10-15(14)17-12-21-20-19(22-17)16-9-3-4-11-18(16)23-20/h1-12H. The lowest BCUT2D eigenvalue weighted by molar-refractivity contribution is 0.653. The van der Waals surface area contributed by atoms with Crippen LogP contribution in [0.25, 0.3) is 44.2 Å². The van der Waals surface area contributed by atoms with Gasteiger partial charge in [-0.25, -0.2) is 9.97 Å². The van der Waals surface area contributed by atoms with Crippen LogP contribution in [0.5, 0.6) is 0 Å².